The van der Waals surface area contributed by atoms with E-state index in [-0.39, 0.29) is 6.42 Å². The summed E-state index contributed by atoms with van der Waals surface area (Å²) < 4.78 is 0. The van der Waals surface area contributed by atoms with Crippen LogP contribution in [0, 0.1) is 0 Å². The fourth-order valence-electron chi connectivity index (χ4n) is 2.87. The molecule has 1 aliphatic heterocycles. The van der Waals surface area contributed by atoms with E-state index in [1.807, 2.05) is 6.20 Å². The van der Waals surface area contributed by atoms with Gasteiger partial charge in [-0.2, -0.15) is 0 Å². The maximum atomic E-state index is 10.4. The molecule has 0 aliphatic carbocycles. The predicted molar refractivity (Wildman–Crippen MR) is 78.6 cm³/mol. The molecule has 1 aromatic rings. The number of aryl methyl sites for hydroxylation is 1. The number of carboxylic acid groups (broad SMARTS) is 1. The summed E-state index contributed by atoms with van der Waals surface area (Å²) in [7, 11) is 2.17. The van der Waals surface area contributed by atoms with Crippen molar-refractivity contribution >= 4 is 5.97 Å². The summed E-state index contributed by atoms with van der Waals surface area (Å²) in [6, 6.07) is 4.86. The molecule has 0 saturated carbocycles. The van der Waals surface area contributed by atoms with Crippen LogP contribution in [0.25, 0.3) is 0 Å². The topological polar surface area (TPSA) is 53.4 Å². The lowest BCUT2D eigenvalue weighted by Gasteiger charge is -2.19. The van der Waals surface area contributed by atoms with Crippen molar-refractivity contribution in [3.8, 4) is 0 Å². The van der Waals surface area contributed by atoms with E-state index in [0.717, 1.165) is 31.4 Å². The van der Waals surface area contributed by atoms with Crippen molar-refractivity contribution < 1.29 is 9.90 Å². The van der Waals surface area contributed by atoms with Gasteiger partial charge >= 0.3 is 5.97 Å². The molecule has 1 aliphatic rings. The van der Waals surface area contributed by atoms with Crippen LogP contribution in [0.3, 0.4) is 0 Å². The second kappa shape index (κ2) is 7.39. The minimum absolute atomic E-state index is 0.278. The molecule has 1 aromatic heterocycles. The quantitative estimate of drug-likeness (QED) is 0.778. The fourth-order valence-corrected chi connectivity index (χ4v) is 2.87. The van der Waals surface area contributed by atoms with Crippen LogP contribution in [-0.4, -0.2) is 34.6 Å². The van der Waals surface area contributed by atoms with Gasteiger partial charge in [-0.1, -0.05) is 12.5 Å². The van der Waals surface area contributed by atoms with Gasteiger partial charge in [0, 0.05) is 24.4 Å². The average molecular weight is 276 g/mol. The number of pyridine rings is 1. The first-order chi connectivity index (χ1) is 9.66. The fraction of sp³-hybridized carbons (Fsp3) is 0.625. The van der Waals surface area contributed by atoms with Crippen molar-refractivity contribution in [2.75, 3.05) is 13.6 Å². The molecule has 2 heterocycles. The third-order valence-electron chi connectivity index (χ3n) is 4.08. The maximum Gasteiger partial charge on any atom is 0.303 e. The lowest BCUT2D eigenvalue weighted by molar-refractivity contribution is -0.137. The molecule has 1 atom stereocenters. The van der Waals surface area contributed by atoms with Crippen molar-refractivity contribution in [3.05, 3.63) is 29.6 Å². The average Bonchev–Trinajstić information content (AvgIpc) is 2.85. The minimum atomic E-state index is -0.701. The number of carbonyl (C=O) groups is 1. The van der Waals surface area contributed by atoms with Crippen LogP contribution >= 0.6 is 0 Å². The first-order valence-corrected chi connectivity index (χ1v) is 7.53. The molecule has 4 heteroatoms. The van der Waals surface area contributed by atoms with Crippen molar-refractivity contribution in [2.45, 2.75) is 51.0 Å². The normalized spacial score (nSPS) is 19.4. The van der Waals surface area contributed by atoms with Crippen molar-refractivity contribution in [3.63, 3.8) is 0 Å². The number of rotatable bonds is 7. The van der Waals surface area contributed by atoms with Gasteiger partial charge in [-0.3, -0.25) is 14.7 Å². The van der Waals surface area contributed by atoms with E-state index in [4.69, 9.17) is 5.11 Å². The summed E-state index contributed by atoms with van der Waals surface area (Å²) in [5, 5.41) is 8.57. The molecular formula is C16H24N2O2. The van der Waals surface area contributed by atoms with E-state index < -0.39 is 5.97 Å². The molecule has 4 nitrogen and oxygen atoms in total. The van der Waals surface area contributed by atoms with Gasteiger partial charge in [0.15, 0.2) is 0 Å². The Kier molecular flexibility index (Phi) is 5.53. The second-order valence-electron chi connectivity index (χ2n) is 5.68. The largest absolute Gasteiger partial charge is 0.481 e. The van der Waals surface area contributed by atoms with Crippen molar-refractivity contribution in [1.82, 2.24) is 9.88 Å². The van der Waals surface area contributed by atoms with E-state index in [2.05, 4.69) is 29.1 Å². The molecule has 2 rings (SSSR count). The monoisotopic (exact) mass is 276 g/mol. The third-order valence-corrected chi connectivity index (χ3v) is 4.08. The highest BCUT2D eigenvalue weighted by Gasteiger charge is 2.22. The molecule has 0 bridgehead atoms. The first kappa shape index (κ1) is 15.0. The number of hydrogen-bond donors (Lipinski definition) is 1. The number of hydrogen-bond acceptors (Lipinski definition) is 3. The zero-order valence-electron chi connectivity index (χ0n) is 12.2. The summed E-state index contributed by atoms with van der Waals surface area (Å²) in [5.74, 6) is -0.701. The van der Waals surface area contributed by atoms with Gasteiger partial charge in [0.2, 0.25) is 0 Å². The molecule has 0 unspecified atom stereocenters. The third kappa shape index (κ3) is 4.30. The summed E-state index contributed by atoms with van der Waals surface area (Å²) in [6.07, 6.45) is 8.48. The molecule has 1 saturated heterocycles. The van der Waals surface area contributed by atoms with E-state index in [1.165, 1.54) is 24.9 Å². The van der Waals surface area contributed by atoms with E-state index in [9.17, 15) is 4.79 Å². The maximum absolute atomic E-state index is 10.4. The van der Waals surface area contributed by atoms with E-state index >= 15 is 0 Å². The van der Waals surface area contributed by atoms with E-state index in [1.54, 1.807) is 0 Å². The van der Waals surface area contributed by atoms with Crippen LogP contribution in [0.15, 0.2) is 18.3 Å². The van der Waals surface area contributed by atoms with Crippen LogP contribution in [0.4, 0.5) is 0 Å². The van der Waals surface area contributed by atoms with E-state index in [0.29, 0.717) is 6.04 Å². The van der Waals surface area contributed by atoms with Gasteiger partial charge in [-0.05, 0) is 57.3 Å². The number of nitrogens with zero attached hydrogens (tertiary/aromatic N) is 2. The van der Waals surface area contributed by atoms with Gasteiger partial charge in [-0.15, -0.1) is 0 Å². The zero-order valence-corrected chi connectivity index (χ0v) is 12.2. The van der Waals surface area contributed by atoms with Crippen molar-refractivity contribution in [1.29, 1.82) is 0 Å². The Morgan fingerprint density at radius 2 is 2.25 bits per heavy atom. The van der Waals surface area contributed by atoms with Crippen molar-refractivity contribution in [2.24, 2.45) is 0 Å². The minimum Gasteiger partial charge on any atom is -0.481 e. The highest BCUT2D eigenvalue weighted by Crippen LogP contribution is 2.29. The lowest BCUT2D eigenvalue weighted by atomic mass is 10.1. The molecule has 0 aromatic carbocycles. The molecule has 1 fully saturated rings. The van der Waals surface area contributed by atoms with Crippen LogP contribution in [0.5, 0.6) is 0 Å². The summed E-state index contributed by atoms with van der Waals surface area (Å²) >= 11 is 0. The number of likely N-dealkylation sites (tertiary alicyclic amines) is 1. The lowest BCUT2D eigenvalue weighted by Crippen LogP contribution is -2.17. The predicted octanol–water partition coefficient (Wildman–Crippen LogP) is 3.04. The zero-order chi connectivity index (χ0) is 14.4. The highest BCUT2D eigenvalue weighted by atomic mass is 16.4. The highest BCUT2D eigenvalue weighted by molar-refractivity contribution is 5.66. The first-order valence-electron chi connectivity index (χ1n) is 7.53. The van der Waals surface area contributed by atoms with Crippen LogP contribution < -0.4 is 0 Å². The Labute approximate surface area is 120 Å². The Balaban J connectivity index is 1.75. The van der Waals surface area contributed by atoms with Crippen LogP contribution in [0.1, 0.15) is 55.8 Å². The van der Waals surface area contributed by atoms with Gasteiger partial charge in [-0.25, -0.2) is 0 Å². The SMILES string of the molecule is CN1CCC[C@H]1c1ccc(CCCCCC(=O)O)nc1. The Bertz CT molecular complexity index is 431. The van der Waals surface area contributed by atoms with Gasteiger partial charge < -0.3 is 5.11 Å². The molecule has 20 heavy (non-hydrogen) atoms. The molecule has 110 valence electrons. The molecule has 0 amide bonds. The van der Waals surface area contributed by atoms with Gasteiger partial charge in [0.05, 0.1) is 0 Å². The molecular weight excluding hydrogens is 252 g/mol. The van der Waals surface area contributed by atoms with Crippen LogP contribution in [-0.2, 0) is 11.2 Å². The van der Waals surface area contributed by atoms with Crippen LogP contribution in [0.2, 0.25) is 0 Å². The Hall–Kier alpha value is -1.42. The van der Waals surface area contributed by atoms with Gasteiger partial charge in [0.1, 0.15) is 0 Å². The number of aromatic nitrogens is 1. The summed E-state index contributed by atoms with van der Waals surface area (Å²) in [5.41, 5.74) is 2.43. The Morgan fingerprint density at radius 3 is 2.85 bits per heavy atom. The van der Waals surface area contributed by atoms with Gasteiger partial charge in [0.25, 0.3) is 0 Å². The molecule has 1 N–H and O–H groups in total. The summed E-state index contributed by atoms with van der Waals surface area (Å²) in [6.45, 7) is 1.18. The Morgan fingerprint density at radius 1 is 1.40 bits per heavy atom. The molecule has 0 radical (unpaired) electrons. The number of carboxylic acids is 1. The number of unbranched alkanes of at least 4 members (excludes halogenated alkanes) is 2. The number of aliphatic carboxylic acids is 1. The second-order valence-corrected chi connectivity index (χ2v) is 5.68. The molecule has 0 spiro atoms. The smallest absolute Gasteiger partial charge is 0.303 e. The summed E-state index contributed by atoms with van der Waals surface area (Å²) in [4.78, 5) is 17.3. The standard InChI is InChI=1S/C16H24N2O2/c1-18-11-5-7-15(18)13-9-10-14(17-12-13)6-3-2-4-8-16(19)20/h9-10,12,15H,2-8,11H2,1H3,(H,19,20)/t15-/m0/s1.